The average molecular weight is 402 g/mol. The SMILES string of the molecule is COC(=O)c1cc2c(F)c(O)ccc2n1Cc1ccc(Cl)c(C(F)(F)F)c1. The number of ether oxygens (including phenoxy) is 1. The lowest BCUT2D eigenvalue weighted by Crippen LogP contribution is -2.12. The van der Waals surface area contributed by atoms with Crippen LogP contribution >= 0.6 is 11.6 Å². The number of benzene rings is 2. The molecule has 3 rings (SSSR count). The second kappa shape index (κ2) is 6.77. The Morgan fingerprint density at radius 3 is 2.56 bits per heavy atom. The molecule has 0 atom stereocenters. The van der Waals surface area contributed by atoms with Crippen molar-refractivity contribution < 1.29 is 32.2 Å². The summed E-state index contributed by atoms with van der Waals surface area (Å²) in [4.78, 5) is 12.0. The number of alkyl halides is 3. The molecule has 0 saturated carbocycles. The summed E-state index contributed by atoms with van der Waals surface area (Å²) in [6, 6.07) is 6.98. The van der Waals surface area contributed by atoms with Gasteiger partial charge in [0.25, 0.3) is 0 Å². The van der Waals surface area contributed by atoms with Crippen LogP contribution in [0.2, 0.25) is 5.02 Å². The Bertz CT molecular complexity index is 1040. The molecular formula is C18H12ClF4NO3. The summed E-state index contributed by atoms with van der Waals surface area (Å²) in [5.41, 5.74) is -0.667. The molecule has 0 unspecified atom stereocenters. The largest absolute Gasteiger partial charge is 0.505 e. The van der Waals surface area contributed by atoms with Crippen molar-refractivity contribution in [1.29, 1.82) is 0 Å². The highest BCUT2D eigenvalue weighted by Gasteiger charge is 2.33. The number of hydrogen-bond acceptors (Lipinski definition) is 3. The molecule has 1 N–H and O–H groups in total. The Hall–Kier alpha value is -2.74. The van der Waals surface area contributed by atoms with E-state index in [1.165, 1.54) is 22.8 Å². The van der Waals surface area contributed by atoms with Gasteiger partial charge < -0.3 is 14.4 Å². The molecule has 0 aliphatic heterocycles. The Balaban J connectivity index is 2.17. The molecular weight excluding hydrogens is 390 g/mol. The molecule has 1 heterocycles. The number of esters is 1. The molecule has 1 aromatic heterocycles. The number of rotatable bonds is 3. The zero-order valence-corrected chi connectivity index (χ0v) is 14.5. The maximum absolute atomic E-state index is 14.2. The minimum atomic E-state index is -4.64. The first-order valence-corrected chi connectivity index (χ1v) is 7.96. The molecule has 0 amide bonds. The number of phenolic OH excluding ortho intramolecular Hbond substituents is 1. The fourth-order valence-electron chi connectivity index (χ4n) is 2.80. The van der Waals surface area contributed by atoms with Gasteiger partial charge in [-0.25, -0.2) is 9.18 Å². The van der Waals surface area contributed by atoms with Gasteiger partial charge in [-0.05, 0) is 35.9 Å². The summed E-state index contributed by atoms with van der Waals surface area (Å²) < 4.78 is 59.4. The predicted molar refractivity (Wildman–Crippen MR) is 90.5 cm³/mol. The number of carbonyl (C=O) groups is 1. The number of methoxy groups -OCH3 is 1. The van der Waals surface area contributed by atoms with Gasteiger partial charge in [0.2, 0.25) is 0 Å². The van der Waals surface area contributed by atoms with Crippen molar-refractivity contribution in [3.63, 3.8) is 0 Å². The van der Waals surface area contributed by atoms with Gasteiger partial charge in [0.1, 0.15) is 5.69 Å². The van der Waals surface area contributed by atoms with E-state index >= 15 is 0 Å². The number of aromatic hydroxyl groups is 1. The quantitative estimate of drug-likeness (QED) is 0.496. The minimum absolute atomic E-state index is 0.0552. The number of halogens is 5. The zero-order chi connectivity index (χ0) is 19.9. The maximum Gasteiger partial charge on any atom is 0.417 e. The van der Waals surface area contributed by atoms with Crippen molar-refractivity contribution in [1.82, 2.24) is 4.57 Å². The van der Waals surface area contributed by atoms with E-state index in [0.29, 0.717) is 0 Å². The van der Waals surface area contributed by atoms with Crippen LogP contribution in [0, 0.1) is 5.82 Å². The van der Waals surface area contributed by atoms with E-state index < -0.39 is 34.3 Å². The van der Waals surface area contributed by atoms with E-state index in [4.69, 9.17) is 11.6 Å². The number of nitrogens with zero attached hydrogens (tertiary/aromatic N) is 1. The molecule has 2 aromatic carbocycles. The lowest BCUT2D eigenvalue weighted by Gasteiger charge is -2.13. The normalized spacial score (nSPS) is 11.8. The van der Waals surface area contributed by atoms with Crippen molar-refractivity contribution in [2.24, 2.45) is 0 Å². The number of aromatic nitrogens is 1. The molecule has 4 nitrogen and oxygen atoms in total. The van der Waals surface area contributed by atoms with E-state index in [1.807, 2.05) is 0 Å². The topological polar surface area (TPSA) is 51.5 Å². The van der Waals surface area contributed by atoms with Crippen molar-refractivity contribution in [3.8, 4) is 5.75 Å². The Kier molecular flexibility index (Phi) is 4.77. The monoisotopic (exact) mass is 401 g/mol. The van der Waals surface area contributed by atoms with E-state index in [1.54, 1.807) is 0 Å². The van der Waals surface area contributed by atoms with Gasteiger partial charge in [0.05, 0.1) is 23.2 Å². The van der Waals surface area contributed by atoms with Crippen LogP contribution in [-0.2, 0) is 17.5 Å². The predicted octanol–water partition coefficient (Wildman–Crippen LogP) is 4.99. The molecule has 27 heavy (non-hydrogen) atoms. The highest BCUT2D eigenvalue weighted by molar-refractivity contribution is 6.31. The van der Waals surface area contributed by atoms with E-state index in [9.17, 15) is 27.5 Å². The molecule has 0 fully saturated rings. The summed E-state index contributed by atoms with van der Waals surface area (Å²) in [6.07, 6.45) is -4.64. The van der Waals surface area contributed by atoms with Gasteiger partial charge in [-0.2, -0.15) is 13.2 Å². The summed E-state index contributed by atoms with van der Waals surface area (Å²) >= 11 is 5.62. The summed E-state index contributed by atoms with van der Waals surface area (Å²) in [7, 11) is 1.13. The van der Waals surface area contributed by atoms with Gasteiger partial charge in [-0.15, -0.1) is 0 Å². The maximum atomic E-state index is 14.2. The molecule has 0 spiro atoms. The highest BCUT2D eigenvalue weighted by Crippen LogP contribution is 2.36. The fraction of sp³-hybridized carbons (Fsp3) is 0.167. The van der Waals surface area contributed by atoms with E-state index in [2.05, 4.69) is 4.74 Å². The summed E-state index contributed by atoms with van der Waals surface area (Å²) in [5.74, 6) is -2.35. The second-order valence-electron chi connectivity index (χ2n) is 5.75. The van der Waals surface area contributed by atoms with Crippen LogP contribution in [0.1, 0.15) is 21.6 Å². The molecule has 0 radical (unpaired) electrons. The highest BCUT2D eigenvalue weighted by atomic mass is 35.5. The van der Waals surface area contributed by atoms with E-state index in [0.717, 1.165) is 25.3 Å². The molecule has 0 bridgehead atoms. The van der Waals surface area contributed by atoms with Crippen molar-refractivity contribution in [2.75, 3.05) is 7.11 Å². The van der Waals surface area contributed by atoms with Crippen molar-refractivity contribution in [2.45, 2.75) is 12.7 Å². The van der Waals surface area contributed by atoms with Crippen LogP contribution in [0.25, 0.3) is 10.9 Å². The first-order valence-electron chi connectivity index (χ1n) is 7.58. The Labute approximate surface area is 155 Å². The third-order valence-electron chi connectivity index (χ3n) is 4.07. The molecule has 0 aliphatic rings. The minimum Gasteiger partial charge on any atom is -0.505 e. The van der Waals surface area contributed by atoms with Crippen LogP contribution in [0.3, 0.4) is 0 Å². The lowest BCUT2D eigenvalue weighted by atomic mass is 10.1. The number of phenols is 1. The Morgan fingerprint density at radius 1 is 1.22 bits per heavy atom. The number of fused-ring (bicyclic) bond motifs is 1. The van der Waals surface area contributed by atoms with Crippen LogP contribution in [0.5, 0.6) is 5.75 Å². The van der Waals surface area contributed by atoms with Gasteiger partial charge in [0, 0.05) is 11.9 Å². The smallest absolute Gasteiger partial charge is 0.417 e. The zero-order valence-electron chi connectivity index (χ0n) is 13.8. The van der Waals surface area contributed by atoms with Gasteiger partial charge >= 0.3 is 12.1 Å². The summed E-state index contributed by atoms with van der Waals surface area (Å²) in [5, 5.41) is 9.01. The van der Waals surface area contributed by atoms with Crippen LogP contribution in [0.15, 0.2) is 36.4 Å². The van der Waals surface area contributed by atoms with Crippen LogP contribution in [0.4, 0.5) is 17.6 Å². The average Bonchev–Trinajstić information content (AvgIpc) is 2.97. The summed E-state index contributed by atoms with van der Waals surface area (Å²) in [6.45, 7) is -0.168. The first-order chi connectivity index (χ1) is 12.6. The lowest BCUT2D eigenvalue weighted by molar-refractivity contribution is -0.137. The van der Waals surface area contributed by atoms with Crippen molar-refractivity contribution >= 4 is 28.5 Å². The third kappa shape index (κ3) is 3.44. The van der Waals surface area contributed by atoms with Gasteiger partial charge in [0.15, 0.2) is 11.6 Å². The third-order valence-corrected chi connectivity index (χ3v) is 4.40. The standard InChI is InChI=1S/C18H12ClF4NO3/c1-27-17(26)14-7-10-13(4-5-15(25)16(10)20)24(14)8-9-2-3-12(19)11(6-9)18(21,22)23/h2-7,25H,8H2,1H3. The van der Waals surface area contributed by atoms with Crippen LogP contribution in [-0.4, -0.2) is 22.8 Å². The molecule has 0 saturated heterocycles. The van der Waals surface area contributed by atoms with Crippen molar-refractivity contribution in [3.05, 3.63) is 64.1 Å². The second-order valence-corrected chi connectivity index (χ2v) is 6.16. The molecule has 0 aliphatic carbocycles. The first kappa shape index (κ1) is 19.0. The Morgan fingerprint density at radius 2 is 1.93 bits per heavy atom. The van der Waals surface area contributed by atoms with Crippen LogP contribution < -0.4 is 0 Å². The van der Waals surface area contributed by atoms with Gasteiger partial charge in [-0.1, -0.05) is 17.7 Å². The van der Waals surface area contributed by atoms with Gasteiger partial charge in [-0.3, -0.25) is 0 Å². The van der Waals surface area contributed by atoms with E-state index in [-0.39, 0.29) is 28.7 Å². The fourth-order valence-corrected chi connectivity index (χ4v) is 3.03. The molecule has 142 valence electrons. The molecule has 3 aromatic rings. The number of carbonyl (C=O) groups excluding carboxylic acids is 1. The number of hydrogen-bond donors (Lipinski definition) is 1. The molecule has 9 heteroatoms.